The van der Waals surface area contributed by atoms with Crippen molar-refractivity contribution in [2.24, 2.45) is 5.92 Å². The number of rotatable bonds is 9. The number of halogens is 3. The zero-order chi connectivity index (χ0) is 25.9. The fourth-order valence-electron chi connectivity index (χ4n) is 4.41. The van der Waals surface area contributed by atoms with Gasteiger partial charge in [-0.15, -0.1) is 24.5 Å². The molecule has 1 aliphatic heterocycles. The molecule has 196 valence electrons. The summed E-state index contributed by atoms with van der Waals surface area (Å²) in [6.07, 6.45) is -3.12. The molecule has 3 aromatic rings. The minimum atomic E-state index is -4.79. The van der Waals surface area contributed by atoms with E-state index in [0.717, 1.165) is 41.6 Å². The molecule has 1 aromatic heterocycles. The lowest BCUT2D eigenvalue weighted by Crippen LogP contribution is -2.41. The highest BCUT2D eigenvalue weighted by Gasteiger charge is 2.31. The quantitative estimate of drug-likeness (QED) is 0.405. The van der Waals surface area contributed by atoms with Gasteiger partial charge in [0.05, 0.1) is 12.3 Å². The Balaban J connectivity index is 1.58. The lowest BCUT2D eigenvalue weighted by Gasteiger charge is -2.32. The Kier molecular flexibility index (Phi) is 8.13. The summed E-state index contributed by atoms with van der Waals surface area (Å²) >= 11 is 1.39. The number of aliphatic hydroxyl groups is 1. The van der Waals surface area contributed by atoms with Crippen LogP contribution in [0.5, 0.6) is 5.75 Å². The Bertz CT molecular complexity index is 1270. The van der Waals surface area contributed by atoms with Crippen molar-refractivity contribution in [3.8, 4) is 5.75 Å². The summed E-state index contributed by atoms with van der Waals surface area (Å²) in [5, 5.41) is 10.9. The molecule has 2 aromatic carbocycles. The number of aryl methyl sites for hydroxylation is 1. The Labute approximate surface area is 213 Å². The Morgan fingerprint density at radius 2 is 1.78 bits per heavy atom. The molecule has 0 unspecified atom stereocenters. The first-order valence-corrected chi connectivity index (χ1v) is 14.1. The van der Waals surface area contributed by atoms with E-state index < -0.39 is 16.4 Å². The molecule has 0 spiro atoms. The number of sulfonamides is 1. The molecule has 4 rings (SSSR count). The minimum Gasteiger partial charge on any atom is -0.406 e. The van der Waals surface area contributed by atoms with Crippen molar-refractivity contribution in [3.05, 3.63) is 59.7 Å². The maximum Gasteiger partial charge on any atom is 0.573 e. The number of benzene rings is 2. The van der Waals surface area contributed by atoms with Gasteiger partial charge in [-0.3, -0.25) is 4.31 Å². The third kappa shape index (κ3) is 6.50. The van der Waals surface area contributed by atoms with Gasteiger partial charge in [-0.1, -0.05) is 30.3 Å². The van der Waals surface area contributed by atoms with E-state index in [4.69, 9.17) is 0 Å². The highest BCUT2D eigenvalue weighted by atomic mass is 32.2. The molecule has 6 nitrogen and oxygen atoms in total. The van der Waals surface area contributed by atoms with Gasteiger partial charge in [-0.2, -0.15) is 0 Å². The SMILES string of the molecule is Cc1c(N(Cc2ccc(OC(F)(F)F)cc2)S(=O)(=O)CCN2CCC(CO)CC2)sc2ccccc12. The van der Waals surface area contributed by atoms with Crippen molar-refractivity contribution in [2.75, 3.05) is 36.3 Å². The van der Waals surface area contributed by atoms with E-state index in [-0.39, 0.29) is 30.6 Å². The normalized spacial score (nSPS) is 15.9. The molecule has 0 atom stereocenters. The van der Waals surface area contributed by atoms with Crippen molar-refractivity contribution >= 4 is 36.4 Å². The average Bonchev–Trinajstić information content (AvgIpc) is 3.17. The summed E-state index contributed by atoms with van der Waals surface area (Å²) in [5.41, 5.74) is 1.40. The van der Waals surface area contributed by atoms with E-state index in [0.29, 0.717) is 17.1 Å². The van der Waals surface area contributed by atoms with E-state index >= 15 is 0 Å². The molecule has 1 saturated heterocycles. The van der Waals surface area contributed by atoms with Gasteiger partial charge < -0.3 is 14.7 Å². The molecule has 1 aliphatic rings. The number of likely N-dealkylation sites (tertiary alicyclic amines) is 1. The fourth-order valence-corrected chi connectivity index (χ4v) is 7.42. The molecule has 0 bridgehead atoms. The molecule has 11 heteroatoms. The van der Waals surface area contributed by atoms with Crippen LogP contribution >= 0.6 is 11.3 Å². The summed E-state index contributed by atoms with van der Waals surface area (Å²) in [6.45, 7) is 3.88. The topological polar surface area (TPSA) is 70.1 Å². The van der Waals surface area contributed by atoms with E-state index in [1.165, 1.54) is 39.9 Å². The van der Waals surface area contributed by atoms with Crippen LogP contribution in [0.25, 0.3) is 10.1 Å². The number of hydrogen-bond donors (Lipinski definition) is 1. The minimum absolute atomic E-state index is 0.00508. The highest BCUT2D eigenvalue weighted by Crippen LogP contribution is 2.39. The fraction of sp³-hybridized carbons (Fsp3) is 0.440. The van der Waals surface area contributed by atoms with Crippen LogP contribution in [0.15, 0.2) is 48.5 Å². The predicted molar refractivity (Wildman–Crippen MR) is 136 cm³/mol. The van der Waals surface area contributed by atoms with E-state index in [9.17, 15) is 26.7 Å². The molecule has 1 fully saturated rings. The number of aliphatic hydroxyl groups excluding tert-OH is 1. The number of hydrogen-bond acceptors (Lipinski definition) is 6. The van der Waals surface area contributed by atoms with Gasteiger partial charge in [-0.25, -0.2) is 8.42 Å². The van der Waals surface area contributed by atoms with Crippen LogP contribution in [0.3, 0.4) is 0 Å². The number of nitrogens with zero attached hydrogens (tertiary/aromatic N) is 2. The molecule has 2 heterocycles. The van der Waals surface area contributed by atoms with Gasteiger partial charge in [0, 0.05) is 17.9 Å². The first kappa shape index (κ1) is 26.7. The van der Waals surface area contributed by atoms with E-state index in [1.807, 2.05) is 31.2 Å². The summed E-state index contributed by atoms with van der Waals surface area (Å²) in [7, 11) is -3.76. The largest absolute Gasteiger partial charge is 0.573 e. The Morgan fingerprint density at radius 1 is 1.11 bits per heavy atom. The third-order valence-corrected chi connectivity index (χ3v) is 9.59. The number of anilines is 1. The summed E-state index contributed by atoms with van der Waals surface area (Å²) in [4.78, 5) is 2.10. The lowest BCUT2D eigenvalue weighted by molar-refractivity contribution is -0.274. The van der Waals surface area contributed by atoms with Gasteiger partial charge in [0.15, 0.2) is 0 Å². The van der Waals surface area contributed by atoms with Crippen molar-refractivity contribution in [1.29, 1.82) is 0 Å². The summed E-state index contributed by atoms with van der Waals surface area (Å²) in [5.74, 6) is -0.176. The molecule has 0 amide bonds. The number of thiophene rings is 1. The second kappa shape index (κ2) is 11.0. The van der Waals surface area contributed by atoms with Crippen LogP contribution in [-0.2, 0) is 16.6 Å². The van der Waals surface area contributed by atoms with Crippen LogP contribution in [0.1, 0.15) is 24.0 Å². The molecule has 0 radical (unpaired) electrons. The van der Waals surface area contributed by atoms with Gasteiger partial charge in [-0.05, 0) is 73.5 Å². The van der Waals surface area contributed by atoms with Crippen LogP contribution in [0.4, 0.5) is 18.2 Å². The Hall–Kier alpha value is -2.34. The zero-order valence-corrected chi connectivity index (χ0v) is 21.5. The van der Waals surface area contributed by atoms with Crippen LogP contribution < -0.4 is 9.04 Å². The maximum atomic E-state index is 13.7. The molecular weight excluding hydrogens is 513 g/mol. The molecule has 1 N–H and O–H groups in total. The molecule has 36 heavy (non-hydrogen) atoms. The van der Waals surface area contributed by atoms with Crippen molar-refractivity contribution in [1.82, 2.24) is 4.90 Å². The summed E-state index contributed by atoms with van der Waals surface area (Å²) < 4.78 is 71.2. The van der Waals surface area contributed by atoms with Gasteiger partial charge in [0.1, 0.15) is 10.8 Å². The molecular formula is C25H29F3N2O4S2. The van der Waals surface area contributed by atoms with Gasteiger partial charge >= 0.3 is 6.36 Å². The monoisotopic (exact) mass is 542 g/mol. The van der Waals surface area contributed by atoms with Gasteiger partial charge in [0.25, 0.3) is 0 Å². The van der Waals surface area contributed by atoms with Crippen LogP contribution in [-0.4, -0.2) is 56.8 Å². The van der Waals surface area contributed by atoms with Crippen molar-refractivity contribution < 1.29 is 31.4 Å². The van der Waals surface area contributed by atoms with Crippen molar-refractivity contribution in [3.63, 3.8) is 0 Å². The highest BCUT2D eigenvalue weighted by molar-refractivity contribution is 7.93. The van der Waals surface area contributed by atoms with E-state index in [1.54, 1.807) is 0 Å². The zero-order valence-electron chi connectivity index (χ0n) is 19.9. The first-order chi connectivity index (χ1) is 17.1. The van der Waals surface area contributed by atoms with Gasteiger partial charge in [0.2, 0.25) is 10.0 Å². The number of fused-ring (bicyclic) bond motifs is 1. The van der Waals surface area contributed by atoms with E-state index in [2.05, 4.69) is 9.64 Å². The molecule has 0 saturated carbocycles. The number of alkyl halides is 3. The first-order valence-electron chi connectivity index (χ1n) is 11.7. The standard InChI is InChI=1S/C25H29F3N2O4S2/c1-18-22-4-2-3-5-23(22)35-24(18)30(16-19-6-8-21(9-7-19)34-25(26,27)28)36(32,33)15-14-29-12-10-20(17-31)11-13-29/h2-9,20,31H,10-17H2,1H3. The number of piperidine rings is 1. The number of ether oxygens (including phenoxy) is 1. The third-order valence-electron chi connectivity index (χ3n) is 6.49. The van der Waals surface area contributed by atoms with Crippen molar-refractivity contribution in [2.45, 2.75) is 32.7 Å². The summed E-state index contributed by atoms with van der Waals surface area (Å²) in [6, 6.07) is 13.0. The van der Waals surface area contributed by atoms with Crippen LogP contribution in [0, 0.1) is 12.8 Å². The second-order valence-electron chi connectivity index (χ2n) is 9.01. The smallest absolute Gasteiger partial charge is 0.406 e. The molecule has 0 aliphatic carbocycles. The lowest BCUT2D eigenvalue weighted by atomic mass is 9.98. The maximum absolute atomic E-state index is 13.7. The Morgan fingerprint density at radius 3 is 2.39 bits per heavy atom. The average molecular weight is 543 g/mol. The predicted octanol–water partition coefficient (Wildman–Crippen LogP) is 5.15. The van der Waals surface area contributed by atoms with Crippen LogP contribution in [0.2, 0.25) is 0 Å². The second-order valence-corrected chi connectivity index (χ2v) is 12.1.